The molecule has 0 saturated heterocycles. The second-order valence-corrected chi connectivity index (χ2v) is 10.4. The van der Waals surface area contributed by atoms with Gasteiger partial charge in [-0.25, -0.2) is 9.78 Å². The SMILES string of the molecule is C[Si](C)(C)CCOC(=O)Nc1ccccn1. The zero-order chi connectivity index (χ0) is 12.0. The number of nitrogens with zero attached hydrogens (tertiary/aromatic N) is 1. The van der Waals surface area contributed by atoms with Gasteiger partial charge in [0, 0.05) is 14.3 Å². The zero-order valence-corrected chi connectivity index (χ0v) is 11.0. The quantitative estimate of drug-likeness (QED) is 0.820. The van der Waals surface area contributed by atoms with E-state index in [0.29, 0.717) is 12.4 Å². The maximum absolute atomic E-state index is 11.3. The fraction of sp³-hybridized carbons (Fsp3) is 0.455. The van der Waals surface area contributed by atoms with Crippen LogP contribution in [0.5, 0.6) is 0 Å². The molecule has 1 heterocycles. The van der Waals surface area contributed by atoms with E-state index in [4.69, 9.17) is 4.74 Å². The van der Waals surface area contributed by atoms with Gasteiger partial charge in [0.15, 0.2) is 0 Å². The summed E-state index contributed by atoms with van der Waals surface area (Å²) in [6.07, 6.45) is 1.19. The predicted octanol–water partition coefficient (Wildman–Crippen LogP) is 2.97. The lowest BCUT2D eigenvalue weighted by atomic mass is 10.5. The molecular formula is C11H18N2O2Si. The molecule has 1 rings (SSSR count). The van der Waals surface area contributed by atoms with E-state index in [-0.39, 0.29) is 0 Å². The second kappa shape index (κ2) is 5.65. The summed E-state index contributed by atoms with van der Waals surface area (Å²) in [4.78, 5) is 15.3. The highest BCUT2D eigenvalue weighted by Crippen LogP contribution is 2.08. The van der Waals surface area contributed by atoms with Gasteiger partial charge < -0.3 is 4.74 Å². The van der Waals surface area contributed by atoms with Gasteiger partial charge in [-0.1, -0.05) is 25.7 Å². The molecule has 88 valence electrons. The summed E-state index contributed by atoms with van der Waals surface area (Å²) in [5.74, 6) is 0.514. The monoisotopic (exact) mass is 238 g/mol. The molecule has 1 N–H and O–H groups in total. The first kappa shape index (κ1) is 12.7. The maximum atomic E-state index is 11.3. The Kier molecular flexibility index (Phi) is 4.48. The van der Waals surface area contributed by atoms with Gasteiger partial charge in [-0.3, -0.25) is 5.32 Å². The third-order valence-electron chi connectivity index (χ3n) is 1.98. The van der Waals surface area contributed by atoms with Crippen molar-refractivity contribution in [3.63, 3.8) is 0 Å². The number of hydrogen-bond acceptors (Lipinski definition) is 3. The Labute approximate surface area is 97.0 Å². The summed E-state index contributed by atoms with van der Waals surface area (Å²) < 4.78 is 5.07. The first-order valence-corrected chi connectivity index (χ1v) is 9.03. The van der Waals surface area contributed by atoms with Gasteiger partial charge in [-0.2, -0.15) is 0 Å². The van der Waals surface area contributed by atoms with Crippen molar-refractivity contribution in [3.05, 3.63) is 24.4 Å². The van der Waals surface area contributed by atoms with Crippen LogP contribution in [0, 0.1) is 0 Å². The highest BCUT2D eigenvalue weighted by molar-refractivity contribution is 6.76. The first-order valence-electron chi connectivity index (χ1n) is 5.32. The number of ether oxygens (including phenoxy) is 1. The third-order valence-corrected chi connectivity index (χ3v) is 3.68. The molecule has 0 spiro atoms. The molecule has 0 radical (unpaired) electrons. The smallest absolute Gasteiger partial charge is 0.412 e. The summed E-state index contributed by atoms with van der Waals surface area (Å²) >= 11 is 0. The van der Waals surface area contributed by atoms with Crippen molar-refractivity contribution in [3.8, 4) is 0 Å². The van der Waals surface area contributed by atoms with Crippen molar-refractivity contribution in [2.45, 2.75) is 25.7 Å². The van der Waals surface area contributed by atoms with Crippen LogP contribution in [0.3, 0.4) is 0 Å². The summed E-state index contributed by atoms with van der Waals surface area (Å²) in [6, 6.07) is 6.30. The number of aromatic nitrogens is 1. The van der Waals surface area contributed by atoms with E-state index in [0.717, 1.165) is 6.04 Å². The fourth-order valence-electron chi connectivity index (χ4n) is 1.03. The lowest BCUT2D eigenvalue weighted by Crippen LogP contribution is -2.24. The minimum absolute atomic E-state index is 0.433. The van der Waals surface area contributed by atoms with Gasteiger partial charge in [0.2, 0.25) is 0 Å². The number of carbonyl (C=O) groups excluding carboxylic acids is 1. The Morgan fingerprint density at radius 3 is 2.75 bits per heavy atom. The standard InChI is InChI=1S/C11H18N2O2Si/c1-16(2,3)9-8-15-11(14)13-10-6-4-5-7-12-10/h4-7H,8-9H2,1-3H3,(H,12,13,14). The number of amides is 1. The van der Waals surface area contributed by atoms with Crippen LogP contribution in [0.4, 0.5) is 10.6 Å². The number of carbonyl (C=O) groups is 1. The topological polar surface area (TPSA) is 51.2 Å². The Balaban J connectivity index is 2.27. The highest BCUT2D eigenvalue weighted by atomic mass is 28.3. The van der Waals surface area contributed by atoms with Gasteiger partial charge in [0.05, 0.1) is 6.61 Å². The molecule has 1 aromatic rings. The lowest BCUT2D eigenvalue weighted by molar-refractivity contribution is 0.167. The Morgan fingerprint density at radius 2 is 2.19 bits per heavy atom. The number of anilines is 1. The Morgan fingerprint density at radius 1 is 1.44 bits per heavy atom. The molecule has 0 aliphatic rings. The molecular weight excluding hydrogens is 220 g/mol. The lowest BCUT2D eigenvalue weighted by Gasteiger charge is -2.15. The highest BCUT2D eigenvalue weighted by Gasteiger charge is 2.13. The fourth-order valence-corrected chi connectivity index (χ4v) is 1.74. The van der Waals surface area contributed by atoms with E-state index in [9.17, 15) is 4.79 Å². The molecule has 0 bridgehead atoms. The first-order chi connectivity index (χ1) is 7.47. The van der Waals surface area contributed by atoms with Gasteiger partial charge in [-0.05, 0) is 18.2 Å². The van der Waals surface area contributed by atoms with Crippen LogP contribution in [-0.2, 0) is 4.74 Å². The normalized spacial score (nSPS) is 10.9. The van der Waals surface area contributed by atoms with Crippen molar-refractivity contribution in [2.75, 3.05) is 11.9 Å². The molecule has 0 saturated carbocycles. The van der Waals surface area contributed by atoms with Crippen molar-refractivity contribution in [1.29, 1.82) is 0 Å². The Bertz CT molecular complexity index is 336. The van der Waals surface area contributed by atoms with Crippen LogP contribution in [-0.4, -0.2) is 25.8 Å². The molecule has 0 aliphatic heterocycles. The van der Waals surface area contributed by atoms with Crippen molar-refractivity contribution >= 4 is 20.0 Å². The average Bonchev–Trinajstić information content (AvgIpc) is 2.17. The molecule has 0 aliphatic carbocycles. The predicted molar refractivity (Wildman–Crippen MR) is 67.4 cm³/mol. The van der Waals surface area contributed by atoms with Crippen LogP contribution < -0.4 is 5.32 Å². The van der Waals surface area contributed by atoms with E-state index in [2.05, 4.69) is 29.9 Å². The maximum Gasteiger partial charge on any atom is 0.412 e. The molecule has 16 heavy (non-hydrogen) atoms. The minimum atomic E-state index is -1.14. The summed E-state index contributed by atoms with van der Waals surface area (Å²) in [5.41, 5.74) is 0. The van der Waals surface area contributed by atoms with Gasteiger partial charge >= 0.3 is 6.09 Å². The van der Waals surface area contributed by atoms with E-state index in [1.165, 1.54) is 0 Å². The van der Waals surface area contributed by atoms with Gasteiger partial charge in [-0.15, -0.1) is 0 Å². The third kappa shape index (κ3) is 5.50. The number of nitrogens with one attached hydrogen (secondary N) is 1. The molecule has 0 aromatic carbocycles. The number of rotatable bonds is 4. The molecule has 0 unspecified atom stereocenters. The van der Waals surface area contributed by atoms with Crippen LogP contribution in [0.25, 0.3) is 0 Å². The van der Waals surface area contributed by atoms with Crippen LogP contribution in [0.1, 0.15) is 0 Å². The summed E-state index contributed by atoms with van der Waals surface area (Å²) in [5, 5.41) is 2.57. The molecule has 1 aromatic heterocycles. The largest absolute Gasteiger partial charge is 0.450 e. The average molecular weight is 238 g/mol. The van der Waals surface area contributed by atoms with Crippen LogP contribution >= 0.6 is 0 Å². The minimum Gasteiger partial charge on any atom is -0.450 e. The van der Waals surface area contributed by atoms with E-state index in [1.807, 2.05) is 6.07 Å². The molecule has 4 nitrogen and oxygen atoms in total. The Hall–Kier alpha value is -1.36. The van der Waals surface area contributed by atoms with Crippen LogP contribution in [0.15, 0.2) is 24.4 Å². The van der Waals surface area contributed by atoms with Crippen molar-refractivity contribution in [2.24, 2.45) is 0 Å². The zero-order valence-electron chi connectivity index (χ0n) is 9.99. The van der Waals surface area contributed by atoms with Gasteiger partial charge in [0.1, 0.15) is 5.82 Å². The van der Waals surface area contributed by atoms with E-state index < -0.39 is 14.2 Å². The summed E-state index contributed by atoms with van der Waals surface area (Å²) in [7, 11) is -1.14. The second-order valence-electron chi connectivity index (χ2n) is 4.79. The molecule has 1 amide bonds. The molecule has 0 atom stereocenters. The number of pyridine rings is 1. The van der Waals surface area contributed by atoms with Crippen molar-refractivity contribution < 1.29 is 9.53 Å². The molecule has 0 fully saturated rings. The van der Waals surface area contributed by atoms with E-state index >= 15 is 0 Å². The van der Waals surface area contributed by atoms with Crippen LogP contribution in [0.2, 0.25) is 25.7 Å². The van der Waals surface area contributed by atoms with Crippen molar-refractivity contribution in [1.82, 2.24) is 4.98 Å². The number of hydrogen-bond donors (Lipinski definition) is 1. The molecule has 5 heteroatoms. The van der Waals surface area contributed by atoms with Gasteiger partial charge in [0.25, 0.3) is 0 Å². The van der Waals surface area contributed by atoms with E-state index in [1.54, 1.807) is 18.3 Å². The summed E-state index contributed by atoms with van der Waals surface area (Å²) in [6.45, 7) is 7.21.